The second-order valence-corrected chi connectivity index (χ2v) is 3.98. The monoisotopic (exact) mass is 249 g/mol. The number of rotatable bonds is 0. The third kappa shape index (κ3) is 1.35. The van der Waals surface area contributed by atoms with Crippen molar-refractivity contribution < 1.29 is 0 Å². The summed E-state index contributed by atoms with van der Waals surface area (Å²) in [5.74, 6) is 0. The van der Waals surface area contributed by atoms with Gasteiger partial charge >= 0.3 is 77.7 Å². The first-order valence-corrected chi connectivity index (χ1v) is 4.71. The second-order valence-electron chi connectivity index (χ2n) is 2.33. The summed E-state index contributed by atoms with van der Waals surface area (Å²) < 4.78 is 1.35. The molecule has 0 aliphatic rings. The number of nitrogens with zero attached hydrogens (tertiary/aromatic N) is 2. The molecule has 2 rings (SSSR count). The summed E-state index contributed by atoms with van der Waals surface area (Å²) in [5.41, 5.74) is 0. The van der Waals surface area contributed by atoms with Crippen molar-refractivity contribution >= 4 is 36.9 Å². The molecule has 11 heavy (non-hydrogen) atoms. The standard InChI is InChI=1S/C8H5N2.Sn/c1-2-4-8-6-10-9-5-7(8)3-1;/h1,3-6H;. The van der Waals surface area contributed by atoms with Crippen LogP contribution in [0.25, 0.3) is 10.8 Å². The Balaban J connectivity index is 2.83. The average Bonchev–Trinajstić information content (AvgIpc) is 2.04. The maximum absolute atomic E-state index is 3.81. The molecule has 0 atom stereocenters. The van der Waals surface area contributed by atoms with Gasteiger partial charge in [0.2, 0.25) is 0 Å². The summed E-state index contributed by atoms with van der Waals surface area (Å²) in [6.45, 7) is 0. The van der Waals surface area contributed by atoms with Gasteiger partial charge < -0.3 is 0 Å². The summed E-state index contributed by atoms with van der Waals surface area (Å²) in [6, 6.07) is 6.33. The predicted molar refractivity (Wildman–Crippen MR) is 44.9 cm³/mol. The van der Waals surface area contributed by atoms with Crippen LogP contribution in [-0.4, -0.2) is 32.7 Å². The van der Waals surface area contributed by atoms with Crippen LogP contribution in [0.3, 0.4) is 0 Å². The fourth-order valence-corrected chi connectivity index (χ4v) is 1.68. The molecular formula is C8H5N2Sn. The van der Waals surface area contributed by atoms with Crippen molar-refractivity contribution in [2.75, 3.05) is 0 Å². The minimum absolute atomic E-state index is 1.16. The number of aromatic nitrogens is 2. The molecule has 3 heteroatoms. The number of hydrogen-bond acceptors (Lipinski definition) is 2. The molecule has 51 valence electrons. The molecule has 0 aliphatic carbocycles. The van der Waals surface area contributed by atoms with E-state index in [9.17, 15) is 0 Å². The van der Waals surface area contributed by atoms with E-state index in [1.54, 1.807) is 12.4 Å². The molecule has 0 bridgehead atoms. The third-order valence-corrected chi connectivity index (χ3v) is 2.43. The van der Waals surface area contributed by atoms with Gasteiger partial charge in [-0.2, -0.15) is 0 Å². The van der Waals surface area contributed by atoms with Crippen LogP contribution in [0.5, 0.6) is 0 Å². The molecule has 3 radical (unpaired) electrons. The topological polar surface area (TPSA) is 25.8 Å². The fraction of sp³-hybridized carbons (Fsp3) is 0. The van der Waals surface area contributed by atoms with Crippen molar-refractivity contribution in [1.82, 2.24) is 10.2 Å². The van der Waals surface area contributed by atoms with Crippen LogP contribution in [0.1, 0.15) is 0 Å². The van der Waals surface area contributed by atoms with E-state index in [4.69, 9.17) is 0 Å². The van der Waals surface area contributed by atoms with Gasteiger partial charge in [0.15, 0.2) is 0 Å². The molecule has 1 heterocycles. The van der Waals surface area contributed by atoms with Gasteiger partial charge in [0.05, 0.1) is 0 Å². The molecule has 0 fully saturated rings. The summed E-state index contributed by atoms with van der Waals surface area (Å²) >= 11 is 1.44. The molecule has 2 aromatic rings. The van der Waals surface area contributed by atoms with Gasteiger partial charge in [-0.25, -0.2) is 0 Å². The van der Waals surface area contributed by atoms with Crippen molar-refractivity contribution in [2.45, 2.75) is 0 Å². The van der Waals surface area contributed by atoms with E-state index in [1.165, 1.54) is 31.5 Å². The van der Waals surface area contributed by atoms with Crippen LogP contribution in [0.4, 0.5) is 0 Å². The van der Waals surface area contributed by atoms with Crippen molar-refractivity contribution in [3.05, 3.63) is 30.6 Å². The molecule has 0 saturated heterocycles. The Morgan fingerprint density at radius 2 is 1.73 bits per heavy atom. The number of fused-ring (bicyclic) bond motifs is 1. The zero-order valence-corrected chi connectivity index (χ0v) is 8.64. The van der Waals surface area contributed by atoms with Crippen LogP contribution in [0.15, 0.2) is 30.6 Å². The first-order valence-electron chi connectivity index (χ1n) is 3.28. The Morgan fingerprint density at radius 3 is 2.55 bits per heavy atom. The molecule has 0 amide bonds. The van der Waals surface area contributed by atoms with Crippen molar-refractivity contribution in [2.24, 2.45) is 0 Å². The Bertz CT molecular complexity index is 387. The van der Waals surface area contributed by atoms with Gasteiger partial charge in [-0.05, 0) is 0 Å². The Labute approximate surface area is 77.7 Å². The van der Waals surface area contributed by atoms with E-state index in [0.29, 0.717) is 0 Å². The fourth-order valence-electron chi connectivity index (χ4n) is 0.995. The van der Waals surface area contributed by atoms with E-state index in [0.717, 1.165) is 5.39 Å². The van der Waals surface area contributed by atoms with Crippen molar-refractivity contribution in [1.29, 1.82) is 0 Å². The molecule has 0 aliphatic heterocycles. The maximum atomic E-state index is 3.81. The zero-order chi connectivity index (χ0) is 7.68. The number of hydrogen-bond donors (Lipinski definition) is 0. The first-order chi connectivity index (χ1) is 5.36. The first kappa shape index (κ1) is 7.03. The Hall–Kier alpha value is -0.641. The molecule has 1 aromatic carbocycles. The minimum atomic E-state index is 1.16. The van der Waals surface area contributed by atoms with Gasteiger partial charge in [0.1, 0.15) is 0 Å². The summed E-state index contributed by atoms with van der Waals surface area (Å²) in [4.78, 5) is 0. The third-order valence-electron chi connectivity index (χ3n) is 1.55. The summed E-state index contributed by atoms with van der Waals surface area (Å²) in [5, 5.41) is 9.95. The van der Waals surface area contributed by atoms with Crippen LogP contribution in [-0.2, 0) is 0 Å². The second kappa shape index (κ2) is 2.77. The van der Waals surface area contributed by atoms with Gasteiger partial charge in [0, 0.05) is 0 Å². The van der Waals surface area contributed by atoms with E-state index >= 15 is 0 Å². The Morgan fingerprint density at radius 1 is 1.00 bits per heavy atom. The quantitative estimate of drug-likeness (QED) is 0.631. The summed E-state index contributed by atoms with van der Waals surface area (Å²) in [7, 11) is 0. The normalized spacial score (nSPS) is 10.3. The predicted octanol–water partition coefficient (Wildman–Crippen LogP) is 0.424. The molecule has 2 nitrogen and oxygen atoms in total. The Kier molecular flexibility index (Phi) is 1.77. The number of benzene rings is 1. The molecule has 0 unspecified atom stereocenters. The van der Waals surface area contributed by atoms with Gasteiger partial charge in [-0.1, -0.05) is 0 Å². The van der Waals surface area contributed by atoms with E-state index in [1.807, 2.05) is 0 Å². The summed E-state index contributed by atoms with van der Waals surface area (Å²) in [6.07, 6.45) is 3.58. The average molecular weight is 248 g/mol. The van der Waals surface area contributed by atoms with Crippen molar-refractivity contribution in [3.63, 3.8) is 0 Å². The van der Waals surface area contributed by atoms with E-state index in [-0.39, 0.29) is 0 Å². The van der Waals surface area contributed by atoms with Crippen LogP contribution in [0.2, 0.25) is 0 Å². The molecule has 0 spiro atoms. The SMILES string of the molecule is [Sn][c]1ccc2cnncc2c1. The van der Waals surface area contributed by atoms with Crippen LogP contribution >= 0.6 is 0 Å². The van der Waals surface area contributed by atoms with E-state index < -0.39 is 0 Å². The molecule has 0 N–H and O–H groups in total. The van der Waals surface area contributed by atoms with Crippen molar-refractivity contribution in [3.8, 4) is 0 Å². The van der Waals surface area contributed by atoms with Crippen LogP contribution in [0, 0.1) is 0 Å². The molecular weight excluding hydrogens is 243 g/mol. The van der Waals surface area contributed by atoms with E-state index in [2.05, 4.69) is 28.4 Å². The molecule has 0 saturated carbocycles. The van der Waals surface area contributed by atoms with Gasteiger partial charge in [0.25, 0.3) is 0 Å². The van der Waals surface area contributed by atoms with Crippen LogP contribution < -0.4 is 3.58 Å². The van der Waals surface area contributed by atoms with Gasteiger partial charge in [-0.3, -0.25) is 0 Å². The molecule has 1 aromatic heterocycles. The zero-order valence-electron chi connectivity index (χ0n) is 5.78. The van der Waals surface area contributed by atoms with Gasteiger partial charge in [-0.15, -0.1) is 0 Å².